The molecule has 7 heteroatoms. The highest BCUT2D eigenvalue weighted by molar-refractivity contribution is 6.30. The Morgan fingerprint density at radius 2 is 1.82 bits per heavy atom. The highest BCUT2D eigenvalue weighted by Gasteiger charge is 2.21. The van der Waals surface area contributed by atoms with E-state index in [-0.39, 0.29) is 24.9 Å². The Morgan fingerprint density at radius 3 is 2.43 bits per heavy atom. The van der Waals surface area contributed by atoms with Crippen molar-refractivity contribution in [2.24, 2.45) is 0 Å². The lowest BCUT2D eigenvalue weighted by Gasteiger charge is -2.25. The molecule has 0 fully saturated rings. The molecule has 0 aliphatic carbocycles. The van der Waals surface area contributed by atoms with Gasteiger partial charge in [-0.1, -0.05) is 28.9 Å². The average Bonchev–Trinajstić information content (AvgIpc) is 3.16. The van der Waals surface area contributed by atoms with Crippen LogP contribution in [-0.4, -0.2) is 34.1 Å². The second kappa shape index (κ2) is 8.89. The number of carbonyl (C=O) groups is 1. The molecule has 0 aliphatic rings. The van der Waals surface area contributed by atoms with Crippen molar-refractivity contribution < 1.29 is 14.1 Å². The van der Waals surface area contributed by atoms with Gasteiger partial charge in [-0.25, -0.2) is 0 Å². The van der Waals surface area contributed by atoms with Crippen molar-refractivity contribution in [3.05, 3.63) is 65.0 Å². The smallest absolute Gasteiger partial charge is 0.246 e. The number of amides is 1. The fraction of sp³-hybridized carbons (Fsp3) is 0.286. The number of hydrogen-bond donors (Lipinski definition) is 0. The molecule has 0 radical (unpaired) electrons. The maximum atomic E-state index is 12.8. The molecule has 0 unspecified atom stereocenters. The van der Waals surface area contributed by atoms with Gasteiger partial charge in [0.2, 0.25) is 17.6 Å². The molecule has 0 aliphatic heterocycles. The topological polar surface area (TPSA) is 68.5 Å². The number of carbonyl (C=O) groups excluding carboxylic acids is 1. The van der Waals surface area contributed by atoms with Crippen molar-refractivity contribution >= 4 is 17.5 Å². The molecule has 6 nitrogen and oxygen atoms in total. The predicted molar refractivity (Wildman–Crippen MR) is 107 cm³/mol. The van der Waals surface area contributed by atoms with Gasteiger partial charge in [-0.15, -0.1) is 0 Å². The van der Waals surface area contributed by atoms with Crippen LogP contribution in [0.5, 0.6) is 5.75 Å². The summed E-state index contributed by atoms with van der Waals surface area (Å²) in [6.07, 6.45) is 0.287. The first kappa shape index (κ1) is 19.9. The second-order valence-corrected chi connectivity index (χ2v) is 7.10. The summed E-state index contributed by atoms with van der Waals surface area (Å²) < 4.78 is 10.5. The monoisotopic (exact) mass is 399 g/mol. The van der Waals surface area contributed by atoms with Crippen LogP contribution in [0, 0.1) is 0 Å². The zero-order chi connectivity index (χ0) is 20.1. The van der Waals surface area contributed by atoms with Gasteiger partial charge in [0.25, 0.3) is 0 Å². The van der Waals surface area contributed by atoms with Crippen LogP contribution < -0.4 is 4.74 Å². The van der Waals surface area contributed by atoms with Gasteiger partial charge in [0.05, 0.1) is 13.5 Å². The van der Waals surface area contributed by atoms with Crippen molar-refractivity contribution in [2.75, 3.05) is 7.11 Å². The SMILES string of the molecule is COc1ccc(-c2noc(CN(C(=O)Cc3ccc(Cl)cc3)C(C)C)n2)cc1. The normalized spacial score (nSPS) is 10.9. The minimum atomic E-state index is -0.0125. The number of aromatic nitrogens is 2. The average molecular weight is 400 g/mol. The molecule has 0 spiro atoms. The first-order valence-electron chi connectivity index (χ1n) is 8.97. The molecule has 1 heterocycles. The molecular formula is C21H22ClN3O3. The van der Waals surface area contributed by atoms with E-state index in [1.807, 2.05) is 50.2 Å². The van der Waals surface area contributed by atoms with E-state index in [2.05, 4.69) is 10.1 Å². The van der Waals surface area contributed by atoms with Crippen molar-refractivity contribution in [1.82, 2.24) is 15.0 Å². The zero-order valence-electron chi connectivity index (χ0n) is 16.1. The van der Waals surface area contributed by atoms with Gasteiger partial charge < -0.3 is 14.2 Å². The molecule has 3 aromatic rings. The number of benzene rings is 2. The highest BCUT2D eigenvalue weighted by Crippen LogP contribution is 2.20. The third-order valence-corrected chi connectivity index (χ3v) is 4.59. The number of rotatable bonds is 7. The maximum Gasteiger partial charge on any atom is 0.246 e. The lowest BCUT2D eigenvalue weighted by atomic mass is 10.1. The molecule has 1 amide bonds. The van der Waals surface area contributed by atoms with E-state index in [1.165, 1.54) is 0 Å². The van der Waals surface area contributed by atoms with Crippen LogP contribution in [-0.2, 0) is 17.8 Å². The van der Waals surface area contributed by atoms with Gasteiger partial charge in [-0.05, 0) is 55.8 Å². The van der Waals surface area contributed by atoms with E-state index in [1.54, 1.807) is 24.1 Å². The van der Waals surface area contributed by atoms with Crippen LogP contribution in [0.3, 0.4) is 0 Å². The van der Waals surface area contributed by atoms with E-state index in [9.17, 15) is 4.79 Å². The number of nitrogens with zero attached hydrogens (tertiary/aromatic N) is 3. The first-order chi connectivity index (χ1) is 13.5. The molecular weight excluding hydrogens is 378 g/mol. The van der Waals surface area contributed by atoms with E-state index in [4.69, 9.17) is 20.9 Å². The Labute approximate surface area is 169 Å². The molecule has 0 saturated heterocycles. The van der Waals surface area contributed by atoms with Gasteiger partial charge in [0.1, 0.15) is 12.3 Å². The van der Waals surface area contributed by atoms with Crippen molar-refractivity contribution in [2.45, 2.75) is 32.9 Å². The second-order valence-electron chi connectivity index (χ2n) is 6.66. The molecule has 1 aromatic heterocycles. The number of hydrogen-bond acceptors (Lipinski definition) is 5. The van der Waals surface area contributed by atoms with Crippen molar-refractivity contribution in [3.63, 3.8) is 0 Å². The summed E-state index contributed by atoms with van der Waals surface area (Å²) in [5.41, 5.74) is 1.73. The van der Waals surface area contributed by atoms with Crippen LogP contribution in [0.25, 0.3) is 11.4 Å². The van der Waals surface area contributed by atoms with Gasteiger partial charge in [0, 0.05) is 16.6 Å². The number of ether oxygens (including phenoxy) is 1. The third-order valence-electron chi connectivity index (χ3n) is 4.33. The Balaban J connectivity index is 1.71. The van der Waals surface area contributed by atoms with Crippen molar-refractivity contribution in [3.8, 4) is 17.1 Å². The highest BCUT2D eigenvalue weighted by atomic mass is 35.5. The predicted octanol–water partition coefficient (Wildman–Crippen LogP) is 4.38. The Bertz CT molecular complexity index is 921. The van der Waals surface area contributed by atoms with Crippen molar-refractivity contribution in [1.29, 1.82) is 0 Å². The van der Waals surface area contributed by atoms with Crippen LogP contribution in [0.4, 0.5) is 0 Å². The Hall–Kier alpha value is -2.86. The molecule has 0 bridgehead atoms. The quantitative estimate of drug-likeness (QED) is 0.589. The molecule has 3 rings (SSSR count). The zero-order valence-corrected chi connectivity index (χ0v) is 16.8. The largest absolute Gasteiger partial charge is 0.497 e. The lowest BCUT2D eigenvalue weighted by molar-refractivity contribution is -0.133. The Morgan fingerprint density at radius 1 is 1.14 bits per heavy atom. The minimum absolute atomic E-state index is 0.00358. The standard InChI is InChI=1S/C21H22ClN3O3/c1-14(2)25(20(26)12-15-4-8-17(22)9-5-15)13-19-23-21(24-28-19)16-6-10-18(27-3)11-7-16/h4-11,14H,12-13H2,1-3H3. The summed E-state index contributed by atoms with van der Waals surface area (Å²) in [6.45, 7) is 4.17. The van der Waals surface area contributed by atoms with Gasteiger partial charge in [0.15, 0.2) is 0 Å². The van der Waals surface area contributed by atoms with Crippen LogP contribution >= 0.6 is 11.6 Å². The van der Waals surface area contributed by atoms with Crippen LogP contribution in [0.15, 0.2) is 53.1 Å². The minimum Gasteiger partial charge on any atom is -0.497 e. The van der Waals surface area contributed by atoms with E-state index >= 15 is 0 Å². The maximum absolute atomic E-state index is 12.8. The number of halogens is 1. The molecule has 0 N–H and O–H groups in total. The summed E-state index contributed by atoms with van der Waals surface area (Å²) in [5, 5.41) is 4.67. The molecule has 0 saturated carbocycles. The van der Waals surface area contributed by atoms with E-state index in [0.717, 1.165) is 16.9 Å². The van der Waals surface area contributed by atoms with Gasteiger partial charge >= 0.3 is 0 Å². The van der Waals surface area contributed by atoms with Gasteiger partial charge in [-0.3, -0.25) is 4.79 Å². The van der Waals surface area contributed by atoms with E-state index < -0.39 is 0 Å². The first-order valence-corrected chi connectivity index (χ1v) is 9.35. The van der Waals surface area contributed by atoms with Crippen LogP contribution in [0.1, 0.15) is 25.3 Å². The molecule has 146 valence electrons. The molecule has 2 aromatic carbocycles. The van der Waals surface area contributed by atoms with Gasteiger partial charge in [-0.2, -0.15) is 4.98 Å². The molecule has 0 atom stereocenters. The molecule has 28 heavy (non-hydrogen) atoms. The summed E-state index contributed by atoms with van der Waals surface area (Å²) in [5.74, 6) is 1.61. The fourth-order valence-corrected chi connectivity index (χ4v) is 2.89. The third kappa shape index (κ3) is 4.89. The summed E-state index contributed by atoms with van der Waals surface area (Å²) in [7, 11) is 1.61. The fourth-order valence-electron chi connectivity index (χ4n) is 2.76. The summed E-state index contributed by atoms with van der Waals surface area (Å²) >= 11 is 5.91. The summed E-state index contributed by atoms with van der Waals surface area (Å²) in [4.78, 5) is 18.9. The van der Waals surface area contributed by atoms with Crippen LogP contribution in [0.2, 0.25) is 5.02 Å². The summed E-state index contributed by atoms with van der Waals surface area (Å²) in [6, 6.07) is 14.7. The van der Waals surface area contributed by atoms with E-state index in [0.29, 0.717) is 16.7 Å². The lowest BCUT2D eigenvalue weighted by Crippen LogP contribution is -2.37. The number of methoxy groups -OCH3 is 1. The Kier molecular flexibility index (Phi) is 6.31.